The summed E-state index contributed by atoms with van der Waals surface area (Å²) in [4.78, 5) is 0. The van der Waals surface area contributed by atoms with Crippen LogP contribution >= 0.6 is 0 Å². The van der Waals surface area contributed by atoms with Crippen LogP contribution in [0, 0.1) is 11.6 Å². The van der Waals surface area contributed by atoms with Crippen LogP contribution in [-0.2, 0) is 5.60 Å². The predicted octanol–water partition coefficient (Wildman–Crippen LogP) is 1.78. The molecule has 0 fully saturated rings. The molecule has 0 heterocycles. The van der Waals surface area contributed by atoms with E-state index >= 15 is 0 Å². The van der Waals surface area contributed by atoms with E-state index in [1.54, 1.807) is 14.0 Å². The lowest BCUT2D eigenvalue weighted by molar-refractivity contribution is 0.0481. The molecule has 0 spiro atoms. The van der Waals surface area contributed by atoms with Crippen molar-refractivity contribution >= 4 is 0 Å². The fraction of sp³-hybridized carbons (Fsp3) is 0.455. The summed E-state index contributed by atoms with van der Waals surface area (Å²) in [6.45, 7) is 2.18. The Morgan fingerprint density at radius 3 is 2.53 bits per heavy atom. The van der Waals surface area contributed by atoms with Gasteiger partial charge in [0.15, 0.2) is 11.6 Å². The molecule has 2 nitrogen and oxygen atoms in total. The largest absolute Gasteiger partial charge is 0.385 e. The Balaban J connectivity index is 2.89. The van der Waals surface area contributed by atoms with Gasteiger partial charge in [-0.15, -0.1) is 0 Å². The normalized spacial score (nSPS) is 15.0. The van der Waals surface area contributed by atoms with Crippen molar-refractivity contribution in [3.05, 3.63) is 35.4 Å². The molecule has 1 aromatic rings. The summed E-state index contributed by atoms with van der Waals surface area (Å²) in [5, 5.41) is 12.9. The minimum atomic E-state index is -1.14. The summed E-state index contributed by atoms with van der Waals surface area (Å²) >= 11 is 0. The standard InChI is InChI=1S/C11H15F2NO/c1-11(15,5-6-14-2)8-3-4-9(12)10(13)7-8/h3-4,7,14-15H,5-6H2,1-2H3. The molecule has 1 atom stereocenters. The first kappa shape index (κ1) is 12.1. The lowest BCUT2D eigenvalue weighted by Gasteiger charge is -2.23. The summed E-state index contributed by atoms with van der Waals surface area (Å²) in [7, 11) is 1.77. The zero-order valence-electron chi connectivity index (χ0n) is 8.85. The van der Waals surface area contributed by atoms with Gasteiger partial charge in [-0.1, -0.05) is 6.07 Å². The number of aliphatic hydroxyl groups is 1. The van der Waals surface area contributed by atoms with Crippen molar-refractivity contribution < 1.29 is 13.9 Å². The lowest BCUT2D eigenvalue weighted by atomic mass is 9.92. The molecular formula is C11H15F2NO. The van der Waals surface area contributed by atoms with Gasteiger partial charge < -0.3 is 10.4 Å². The number of nitrogens with one attached hydrogen (secondary N) is 1. The average molecular weight is 215 g/mol. The molecule has 0 aromatic heterocycles. The van der Waals surface area contributed by atoms with E-state index in [2.05, 4.69) is 5.32 Å². The van der Waals surface area contributed by atoms with Crippen LogP contribution < -0.4 is 5.32 Å². The first-order chi connectivity index (χ1) is 6.97. The molecule has 1 aromatic carbocycles. The summed E-state index contributed by atoms with van der Waals surface area (Å²) in [5.41, 5.74) is -0.756. The van der Waals surface area contributed by atoms with Gasteiger partial charge in [0, 0.05) is 0 Å². The summed E-state index contributed by atoms with van der Waals surface area (Å²) < 4.78 is 25.6. The Labute approximate surface area is 87.9 Å². The van der Waals surface area contributed by atoms with Crippen molar-refractivity contribution in [2.24, 2.45) is 0 Å². The van der Waals surface area contributed by atoms with Gasteiger partial charge in [0.05, 0.1) is 5.60 Å². The highest BCUT2D eigenvalue weighted by Crippen LogP contribution is 2.25. The minimum absolute atomic E-state index is 0.386. The van der Waals surface area contributed by atoms with E-state index in [0.29, 0.717) is 18.5 Å². The zero-order valence-corrected chi connectivity index (χ0v) is 8.85. The second-order valence-corrected chi connectivity index (χ2v) is 3.76. The summed E-state index contributed by atoms with van der Waals surface area (Å²) in [6.07, 6.45) is 0.439. The number of halogens is 2. The highest BCUT2D eigenvalue weighted by molar-refractivity contribution is 5.23. The smallest absolute Gasteiger partial charge is 0.159 e. The zero-order chi connectivity index (χ0) is 11.5. The molecule has 0 aliphatic rings. The third-order valence-electron chi connectivity index (χ3n) is 2.40. The van der Waals surface area contributed by atoms with Crippen molar-refractivity contribution in [1.29, 1.82) is 0 Å². The van der Waals surface area contributed by atoms with Crippen LogP contribution in [0.5, 0.6) is 0 Å². The molecule has 0 radical (unpaired) electrons. The molecule has 0 saturated carbocycles. The van der Waals surface area contributed by atoms with E-state index in [1.165, 1.54) is 6.07 Å². The number of hydrogen-bond acceptors (Lipinski definition) is 2. The van der Waals surface area contributed by atoms with Crippen LogP contribution in [0.25, 0.3) is 0 Å². The van der Waals surface area contributed by atoms with Crippen LogP contribution in [0.2, 0.25) is 0 Å². The maximum absolute atomic E-state index is 12.9. The van der Waals surface area contributed by atoms with Crippen molar-refractivity contribution in [3.8, 4) is 0 Å². The number of benzene rings is 1. The molecular weight excluding hydrogens is 200 g/mol. The van der Waals surface area contributed by atoms with Gasteiger partial charge in [-0.05, 0) is 44.6 Å². The van der Waals surface area contributed by atoms with Crippen molar-refractivity contribution in [3.63, 3.8) is 0 Å². The molecule has 1 rings (SSSR count). The topological polar surface area (TPSA) is 32.3 Å². The predicted molar refractivity (Wildman–Crippen MR) is 54.5 cm³/mol. The van der Waals surface area contributed by atoms with Crippen molar-refractivity contribution in [2.75, 3.05) is 13.6 Å². The van der Waals surface area contributed by atoms with Crippen molar-refractivity contribution in [1.82, 2.24) is 5.32 Å². The Bertz CT molecular complexity index is 339. The number of hydrogen-bond donors (Lipinski definition) is 2. The molecule has 2 N–H and O–H groups in total. The highest BCUT2D eigenvalue weighted by atomic mass is 19.2. The number of rotatable bonds is 4. The second-order valence-electron chi connectivity index (χ2n) is 3.76. The third kappa shape index (κ3) is 2.97. The van der Waals surface area contributed by atoms with E-state index in [4.69, 9.17) is 0 Å². The maximum atomic E-state index is 12.9. The first-order valence-electron chi connectivity index (χ1n) is 4.80. The summed E-state index contributed by atoms with van der Waals surface area (Å²) in [5.74, 6) is -1.83. The molecule has 0 bridgehead atoms. The van der Waals surface area contributed by atoms with Gasteiger partial charge >= 0.3 is 0 Å². The van der Waals surface area contributed by atoms with Gasteiger partial charge in [-0.2, -0.15) is 0 Å². The molecule has 15 heavy (non-hydrogen) atoms. The van der Waals surface area contributed by atoms with Crippen LogP contribution in [0.4, 0.5) is 8.78 Å². The molecule has 0 aliphatic heterocycles. The Morgan fingerprint density at radius 2 is 2.00 bits per heavy atom. The molecule has 4 heteroatoms. The van der Waals surface area contributed by atoms with Gasteiger partial charge in [0.25, 0.3) is 0 Å². The van der Waals surface area contributed by atoms with Crippen LogP contribution in [-0.4, -0.2) is 18.7 Å². The highest BCUT2D eigenvalue weighted by Gasteiger charge is 2.23. The third-order valence-corrected chi connectivity index (χ3v) is 2.40. The van der Waals surface area contributed by atoms with Gasteiger partial charge in [-0.25, -0.2) is 8.78 Å². The van der Waals surface area contributed by atoms with Crippen LogP contribution in [0.3, 0.4) is 0 Å². The molecule has 0 amide bonds. The van der Waals surface area contributed by atoms with Gasteiger partial charge in [-0.3, -0.25) is 0 Å². The Morgan fingerprint density at radius 1 is 1.33 bits per heavy atom. The van der Waals surface area contributed by atoms with E-state index in [9.17, 15) is 13.9 Å². The molecule has 0 saturated heterocycles. The van der Waals surface area contributed by atoms with Crippen LogP contribution in [0.1, 0.15) is 18.9 Å². The maximum Gasteiger partial charge on any atom is 0.159 e. The van der Waals surface area contributed by atoms with E-state index in [-0.39, 0.29) is 0 Å². The fourth-order valence-electron chi connectivity index (χ4n) is 1.34. The Hall–Kier alpha value is -1.00. The van der Waals surface area contributed by atoms with E-state index in [1.807, 2.05) is 0 Å². The molecule has 84 valence electrons. The first-order valence-corrected chi connectivity index (χ1v) is 4.80. The molecule has 0 aliphatic carbocycles. The SMILES string of the molecule is CNCCC(C)(O)c1ccc(F)c(F)c1. The quantitative estimate of drug-likeness (QED) is 0.802. The van der Waals surface area contributed by atoms with Gasteiger partial charge in [0.2, 0.25) is 0 Å². The lowest BCUT2D eigenvalue weighted by Crippen LogP contribution is -2.26. The second kappa shape index (κ2) is 4.68. The van der Waals surface area contributed by atoms with Crippen LogP contribution in [0.15, 0.2) is 18.2 Å². The van der Waals surface area contributed by atoms with Gasteiger partial charge in [0.1, 0.15) is 0 Å². The Kier molecular flexibility index (Phi) is 3.77. The van der Waals surface area contributed by atoms with Crippen molar-refractivity contribution in [2.45, 2.75) is 18.9 Å². The summed E-state index contributed by atoms with van der Waals surface area (Å²) in [6, 6.07) is 3.46. The fourth-order valence-corrected chi connectivity index (χ4v) is 1.34. The minimum Gasteiger partial charge on any atom is -0.385 e. The average Bonchev–Trinajstić information content (AvgIpc) is 2.19. The monoisotopic (exact) mass is 215 g/mol. The van der Waals surface area contributed by atoms with E-state index in [0.717, 1.165) is 12.1 Å². The molecule has 1 unspecified atom stereocenters. The van der Waals surface area contributed by atoms with E-state index < -0.39 is 17.2 Å².